The number of amides is 1. The Bertz CT molecular complexity index is 912. The minimum atomic E-state index is -4.64. The van der Waals surface area contributed by atoms with Crippen LogP contribution >= 0.6 is 0 Å². The Balaban J connectivity index is 2.56. The highest BCUT2D eigenvalue weighted by molar-refractivity contribution is 7.92. The average molecular weight is 414 g/mol. The van der Waals surface area contributed by atoms with Crippen molar-refractivity contribution < 1.29 is 26.4 Å². The Labute approximate surface area is 162 Å². The van der Waals surface area contributed by atoms with Gasteiger partial charge in [-0.1, -0.05) is 24.3 Å². The van der Waals surface area contributed by atoms with Crippen molar-refractivity contribution in [2.75, 3.05) is 23.9 Å². The van der Waals surface area contributed by atoms with Gasteiger partial charge in [-0.15, -0.1) is 0 Å². The maximum Gasteiger partial charge on any atom is 0.416 e. The van der Waals surface area contributed by atoms with Crippen LogP contribution in [0.15, 0.2) is 59.5 Å². The lowest BCUT2D eigenvalue weighted by Gasteiger charge is -2.27. The molecule has 1 amide bonds. The van der Waals surface area contributed by atoms with Crippen molar-refractivity contribution in [1.82, 2.24) is 4.90 Å². The number of carbonyl (C=O) groups excluding carboxylic acids is 1. The number of rotatable bonds is 7. The molecule has 0 heterocycles. The molecule has 0 atom stereocenters. The van der Waals surface area contributed by atoms with Crippen LogP contribution in [-0.4, -0.2) is 38.9 Å². The van der Waals surface area contributed by atoms with Gasteiger partial charge in [0.2, 0.25) is 5.91 Å². The Hall–Kier alpha value is -2.55. The van der Waals surface area contributed by atoms with Crippen molar-refractivity contribution in [1.29, 1.82) is 0 Å². The van der Waals surface area contributed by atoms with Gasteiger partial charge in [0.05, 0.1) is 16.1 Å². The molecule has 0 aliphatic rings. The standard InChI is InChI=1S/C19H21F3N2O3S/c1-3-23(4-2)18(25)14-24(28(26,27)17-11-6-5-7-12-17)16-10-8-9-15(13-16)19(20,21)22/h5-13H,3-4,14H2,1-2H3. The quantitative estimate of drug-likeness (QED) is 0.693. The number of carbonyl (C=O) groups is 1. The zero-order valence-corrected chi connectivity index (χ0v) is 16.3. The smallest absolute Gasteiger partial charge is 0.342 e. The number of benzene rings is 2. The first kappa shape index (κ1) is 21.7. The van der Waals surface area contributed by atoms with Gasteiger partial charge >= 0.3 is 6.18 Å². The predicted octanol–water partition coefficient (Wildman–Crippen LogP) is 3.77. The second kappa shape index (κ2) is 8.64. The molecule has 0 saturated carbocycles. The summed E-state index contributed by atoms with van der Waals surface area (Å²) in [5.74, 6) is -0.498. The van der Waals surface area contributed by atoms with E-state index in [1.807, 2.05) is 0 Å². The topological polar surface area (TPSA) is 57.7 Å². The highest BCUT2D eigenvalue weighted by Crippen LogP contribution is 2.33. The van der Waals surface area contributed by atoms with Crippen molar-refractivity contribution in [2.45, 2.75) is 24.9 Å². The maximum absolute atomic E-state index is 13.1. The van der Waals surface area contributed by atoms with Gasteiger partial charge in [0.15, 0.2) is 0 Å². The van der Waals surface area contributed by atoms with Crippen LogP contribution in [0.2, 0.25) is 0 Å². The van der Waals surface area contributed by atoms with Gasteiger partial charge in [0.25, 0.3) is 10.0 Å². The van der Waals surface area contributed by atoms with Gasteiger partial charge in [0.1, 0.15) is 6.54 Å². The second-order valence-corrected chi connectivity index (χ2v) is 7.80. The summed E-state index contributed by atoms with van der Waals surface area (Å²) >= 11 is 0. The third-order valence-electron chi connectivity index (χ3n) is 4.19. The molecule has 2 aromatic carbocycles. The van der Waals surface area contributed by atoms with Gasteiger partial charge in [-0.25, -0.2) is 8.42 Å². The Morgan fingerprint density at radius 3 is 2.11 bits per heavy atom. The molecule has 0 spiro atoms. The van der Waals surface area contributed by atoms with E-state index in [2.05, 4.69) is 0 Å². The first-order valence-electron chi connectivity index (χ1n) is 8.64. The molecule has 0 aliphatic carbocycles. The number of halogens is 3. The van der Waals surface area contributed by atoms with Crippen LogP contribution in [0, 0.1) is 0 Å². The third kappa shape index (κ3) is 4.83. The van der Waals surface area contributed by atoms with Crippen molar-refractivity contribution in [3.8, 4) is 0 Å². The Kier molecular flexibility index (Phi) is 6.71. The monoisotopic (exact) mass is 414 g/mol. The number of hydrogen-bond acceptors (Lipinski definition) is 3. The van der Waals surface area contributed by atoms with Crippen molar-refractivity contribution in [3.63, 3.8) is 0 Å². The summed E-state index contributed by atoms with van der Waals surface area (Å²) in [6.45, 7) is 3.60. The molecule has 0 aromatic heterocycles. The van der Waals surface area contributed by atoms with Crippen molar-refractivity contribution in [2.24, 2.45) is 0 Å². The number of sulfonamides is 1. The van der Waals surface area contributed by atoms with Gasteiger partial charge < -0.3 is 4.90 Å². The molecule has 0 saturated heterocycles. The molecule has 9 heteroatoms. The summed E-state index contributed by atoms with van der Waals surface area (Å²) in [5.41, 5.74) is -1.22. The predicted molar refractivity (Wildman–Crippen MR) is 100 cm³/mol. The summed E-state index contributed by atoms with van der Waals surface area (Å²) in [6.07, 6.45) is -4.64. The van der Waals surface area contributed by atoms with E-state index < -0.39 is 34.2 Å². The van der Waals surface area contributed by atoms with E-state index in [1.165, 1.54) is 35.2 Å². The fraction of sp³-hybridized carbons (Fsp3) is 0.316. The van der Waals surface area contributed by atoms with E-state index in [0.29, 0.717) is 13.1 Å². The molecule has 0 bridgehead atoms. The molecule has 0 unspecified atom stereocenters. The van der Waals surface area contributed by atoms with Crippen LogP contribution < -0.4 is 4.31 Å². The SMILES string of the molecule is CCN(CC)C(=O)CN(c1cccc(C(F)(F)F)c1)S(=O)(=O)c1ccccc1. The van der Waals surface area contributed by atoms with Gasteiger partial charge in [-0.2, -0.15) is 13.2 Å². The highest BCUT2D eigenvalue weighted by Gasteiger charge is 2.33. The summed E-state index contributed by atoms with van der Waals surface area (Å²) in [6, 6.07) is 11.2. The van der Waals surface area contributed by atoms with Crippen molar-refractivity contribution in [3.05, 3.63) is 60.2 Å². The minimum Gasteiger partial charge on any atom is -0.342 e. The highest BCUT2D eigenvalue weighted by atomic mass is 32.2. The van der Waals surface area contributed by atoms with Gasteiger partial charge in [0, 0.05) is 13.1 Å². The van der Waals surface area contributed by atoms with Gasteiger partial charge in [-0.05, 0) is 44.2 Å². The van der Waals surface area contributed by atoms with Crippen LogP contribution in [0.3, 0.4) is 0 Å². The van der Waals surface area contributed by atoms with Crippen LogP contribution in [0.1, 0.15) is 19.4 Å². The Morgan fingerprint density at radius 2 is 1.57 bits per heavy atom. The number of nitrogens with zero attached hydrogens (tertiary/aromatic N) is 2. The molecule has 0 fully saturated rings. The molecule has 5 nitrogen and oxygen atoms in total. The van der Waals surface area contributed by atoms with Gasteiger partial charge in [-0.3, -0.25) is 9.10 Å². The number of alkyl halides is 3. The molecule has 0 aliphatic heterocycles. The lowest BCUT2D eigenvalue weighted by atomic mass is 10.2. The first-order chi connectivity index (χ1) is 13.1. The van der Waals surface area contributed by atoms with E-state index in [0.717, 1.165) is 22.5 Å². The fourth-order valence-corrected chi connectivity index (χ4v) is 4.10. The molecular formula is C19H21F3N2O3S. The second-order valence-electron chi connectivity index (χ2n) is 5.94. The van der Waals surface area contributed by atoms with Crippen LogP contribution in [0.4, 0.5) is 18.9 Å². The molecule has 0 radical (unpaired) electrons. The third-order valence-corrected chi connectivity index (χ3v) is 5.98. The molecule has 2 aromatic rings. The van der Waals surface area contributed by atoms with E-state index in [9.17, 15) is 26.4 Å². The van der Waals surface area contributed by atoms with Crippen molar-refractivity contribution >= 4 is 21.6 Å². The molecule has 28 heavy (non-hydrogen) atoms. The van der Waals surface area contributed by atoms with E-state index >= 15 is 0 Å². The molecule has 2 rings (SSSR count). The van der Waals surface area contributed by atoms with Crippen LogP contribution in [-0.2, 0) is 21.0 Å². The normalized spacial score (nSPS) is 11.9. The lowest BCUT2D eigenvalue weighted by molar-refractivity contribution is -0.137. The zero-order valence-electron chi connectivity index (χ0n) is 15.5. The van der Waals surface area contributed by atoms with E-state index in [-0.39, 0.29) is 10.6 Å². The first-order valence-corrected chi connectivity index (χ1v) is 10.1. The van der Waals surface area contributed by atoms with Crippen LogP contribution in [0.25, 0.3) is 0 Å². The van der Waals surface area contributed by atoms with E-state index in [1.54, 1.807) is 19.9 Å². The number of likely N-dealkylation sites (N-methyl/N-ethyl adjacent to an activating group) is 1. The minimum absolute atomic E-state index is 0.111. The number of hydrogen-bond donors (Lipinski definition) is 0. The number of anilines is 1. The largest absolute Gasteiger partial charge is 0.416 e. The zero-order chi connectivity index (χ0) is 20.9. The van der Waals surface area contributed by atoms with Crippen LogP contribution in [0.5, 0.6) is 0 Å². The molecular weight excluding hydrogens is 393 g/mol. The summed E-state index contributed by atoms with van der Waals surface area (Å²) < 4.78 is 66.2. The lowest BCUT2D eigenvalue weighted by Crippen LogP contribution is -2.43. The van der Waals surface area contributed by atoms with E-state index in [4.69, 9.17) is 0 Å². The molecule has 0 N–H and O–H groups in total. The maximum atomic E-state index is 13.1. The fourth-order valence-electron chi connectivity index (χ4n) is 2.67. The molecule has 152 valence electrons. The summed E-state index contributed by atoms with van der Waals surface area (Å²) in [7, 11) is -4.24. The summed E-state index contributed by atoms with van der Waals surface area (Å²) in [5, 5.41) is 0. The Morgan fingerprint density at radius 1 is 0.964 bits per heavy atom. The summed E-state index contributed by atoms with van der Waals surface area (Å²) in [4.78, 5) is 13.9. The average Bonchev–Trinajstić information content (AvgIpc) is 2.67.